The zero-order valence-corrected chi connectivity index (χ0v) is 22.5. The lowest BCUT2D eigenvalue weighted by atomic mass is 9.92. The Morgan fingerprint density at radius 3 is 2.38 bits per heavy atom. The number of hydrogen-bond donors (Lipinski definition) is 1. The van der Waals surface area contributed by atoms with Gasteiger partial charge in [-0.25, -0.2) is 18.4 Å². The van der Waals surface area contributed by atoms with Gasteiger partial charge in [-0.15, -0.1) is 0 Å². The summed E-state index contributed by atoms with van der Waals surface area (Å²) in [5.41, 5.74) is -0.339. The van der Waals surface area contributed by atoms with E-state index >= 15 is 0 Å². The Morgan fingerprint density at radius 1 is 0.950 bits per heavy atom. The van der Waals surface area contributed by atoms with Crippen LogP contribution in [0.2, 0.25) is 0 Å². The number of aromatic nitrogens is 3. The van der Waals surface area contributed by atoms with Gasteiger partial charge in [0.15, 0.2) is 0 Å². The van der Waals surface area contributed by atoms with Crippen LogP contribution in [-0.2, 0) is 16.9 Å². The first-order valence-electron chi connectivity index (χ1n) is 14.0. The molecule has 3 atom stereocenters. The summed E-state index contributed by atoms with van der Waals surface area (Å²) in [6.07, 6.45) is 2.86. The van der Waals surface area contributed by atoms with Crippen molar-refractivity contribution in [1.29, 1.82) is 0 Å². The molecule has 40 heavy (non-hydrogen) atoms. The van der Waals surface area contributed by atoms with Crippen LogP contribution in [0.25, 0.3) is 0 Å². The van der Waals surface area contributed by atoms with E-state index in [0.717, 1.165) is 70.8 Å². The quantitative estimate of drug-likeness (QED) is 0.409. The second-order valence-electron chi connectivity index (χ2n) is 11.2. The molecule has 3 aliphatic rings. The summed E-state index contributed by atoms with van der Waals surface area (Å²) >= 11 is 0. The average molecular weight is 555 g/mol. The molecule has 3 aromatic rings. The zero-order chi connectivity index (χ0) is 27.5. The van der Waals surface area contributed by atoms with Gasteiger partial charge in [0.25, 0.3) is 0 Å². The van der Waals surface area contributed by atoms with Crippen molar-refractivity contribution in [3.63, 3.8) is 0 Å². The first-order chi connectivity index (χ1) is 19.4. The summed E-state index contributed by atoms with van der Waals surface area (Å²) < 4.78 is 41.3. The van der Waals surface area contributed by atoms with Crippen LogP contribution in [0.15, 0.2) is 55.1 Å². The lowest BCUT2D eigenvalue weighted by Gasteiger charge is -2.34. The molecule has 6 rings (SSSR count). The van der Waals surface area contributed by atoms with Gasteiger partial charge in [-0.2, -0.15) is 5.10 Å². The van der Waals surface area contributed by atoms with E-state index in [-0.39, 0.29) is 18.7 Å². The van der Waals surface area contributed by atoms with E-state index < -0.39 is 17.2 Å². The van der Waals surface area contributed by atoms with Crippen LogP contribution in [-0.4, -0.2) is 102 Å². The SMILES string of the molecule is OC(CN1CC2CN(c3ccc(OCCN4CCOCC4)cc3)CC2C1)(Cn1cncn1)c1ccc(F)cc1F. The molecule has 3 saturated heterocycles. The Balaban J connectivity index is 1.04. The number of rotatable bonds is 10. The number of benzene rings is 2. The highest BCUT2D eigenvalue weighted by molar-refractivity contribution is 5.50. The molecule has 11 heteroatoms. The molecule has 0 saturated carbocycles. The van der Waals surface area contributed by atoms with Gasteiger partial charge >= 0.3 is 0 Å². The fourth-order valence-electron chi connectivity index (χ4n) is 6.34. The number of anilines is 1. The number of ether oxygens (including phenoxy) is 2. The van der Waals surface area contributed by atoms with E-state index in [9.17, 15) is 13.9 Å². The van der Waals surface area contributed by atoms with E-state index in [2.05, 4.69) is 36.9 Å². The lowest BCUT2D eigenvalue weighted by molar-refractivity contribution is -0.0178. The molecular weight excluding hydrogens is 518 g/mol. The molecule has 1 aromatic heterocycles. The molecule has 0 spiro atoms. The Labute approximate surface area is 232 Å². The standard InChI is InChI=1S/C29H36F2N6O3/c30-24-1-6-27(28(31)13-24)29(38,19-37-21-32-20-33-37)18-35-14-22-16-36(17-23(22)15-35)25-2-4-26(5-3-25)40-12-9-34-7-10-39-11-8-34/h1-6,13,20-23,38H,7-12,14-19H2. The summed E-state index contributed by atoms with van der Waals surface area (Å²) in [5.74, 6) is 0.327. The van der Waals surface area contributed by atoms with Crippen molar-refractivity contribution in [2.24, 2.45) is 11.8 Å². The molecule has 3 unspecified atom stereocenters. The zero-order valence-electron chi connectivity index (χ0n) is 22.5. The molecule has 0 aliphatic carbocycles. The lowest BCUT2D eigenvalue weighted by Crippen LogP contribution is -2.45. The number of aliphatic hydroxyl groups is 1. The highest BCUT2D eigenvalue weighted by atomic mass is 19.1. The summed E-state index contributed by atoms with van der Waals surface area (Å²) in [7, 11) is 0. The summed E-state index contributed by atoms with van der Waals surface area (Å²) in [6.45, 7) is 8.75. The van der Waals surface area contributed by atoms with E-state index in [1.807, 2.05) is 12.1 Å². The van der Waals surface area contributed by atoms with Gasteiger partial charge in [0, 0.05) is 69.7 Å². The number of β-amino-alcohol motifs (C(OH)–C–C–N with tert-alkyl or cyclic N) is 1. The van der Waals surface area contributed by atoms with E-state index in [4.69, 9.17) is 9.47 Å². The molecule has 214 valence electrons. The monoisotopic (exact) mass is 554 g/mol. The van der Waals surface area contributed by atoms with Crippen molar-refractivity contribution < 1.29 is 23.4 Å². The third-order valence-electron chi connectivity index (χ3n) is 8.35. The molecule has 2 aromatic carbocycles. The number of fused-ring (bicyclic) bond motifs is 1. The molecule has 0 bridgehead atoms. The van der Waals surface area contributed by atoms with Gasteiger partial charge in [-0.3, -0.25) is 9.80 Å². The molecule has 4 heterocycles. The largest absolute Gasteiger partial charge is 0.492 e. The van der Waals surface area contributed by atoms with Gasteiger partial charge < -0.3 is 19.5 Å². The number of likely N-dealkylation sites (tertiary alicyclic amines) is 1. The Bertz CT molecular complexity index is 1240. The molecule has 9 nitrogen and oxygen atoms in total. The van der Waals surface area contributed by atoms with Crippen LogP contribution >= 0.6 is 0 Å². The topological polar surface area (TPSA) is 79.1 Å². The third kappa shape index (κ3) is 6.12. The molecule has 0 radical (unpaired) electrons. The number of hydrogen-bond acceptors (Lipinski definition) is 8. The Hall–Kier alpha value is -3.12. The van der Waals surface area contributed by atoms with Crippen molar-refractivity contribution in [3.8, 4) is 5.75 Å². The normalized spacial score (nSPS) is 23.3. The maximum atomic E-state index is 14.8. The summed E-state index contributed by atoms with van der Waals surface area (Å²) in [5, 5.41) is 15.8. The minimum absolute atomic E-state index is 0.0222. The van der Waals surface area contributed by atoms with Gasteiger partial charge in [0.05, 0.1) is 19.8 Å². The first kappa shape index (κ1) is 27.1. The Kier molecular flexibility index (Phi) is 7.97. The predicted octanol–water partition coefficient (Wildman–Crippen LogP) is 2.22. The van der Waals surface area contributed by atoms with Gasteiger partial charge in [0.1, 0.15) is 42.2 Å². The molecular formula is C29H36F2N6O3. The van der Waals surface area contributed by atoms with Crippen molar-refractivity contribution in [2.75, 3.05) is 77.1 Å². The summed E-state index contributed by atoms with van der Waals surface area (Å²) in [6, 6.07) is 11.7. The van der Waals surface area contributed by atoms with E-state index in [1.165, 1.54) is 35.2 Å². The van der Waals surface area contributed by atoms with E-state index in [1.54, 1.807) is 0 Å². The van der Waals surface area contributed by atoms with Crippen LogP contribution < -0.4 is 9.64 Å². The summed E-state index contributed by atoms with van der Waals surface area (Å²) in [4.78, 5) is 10.9. The number of morpholine rings is 1. The number of nitrogens with zero attached hydrogens (tertiary/aromatic N) is 6. The van der Waals surface area contributed by atoms with Crippen molar-refractivity contribution >= 4 is 5.69 Å². The van der Waals surface area contributed by atoms with Crippen molar-refractivity contribution in [2.45, 2.75) is 12.1 Å². The van der Waals surface area contributed by atoms with Crippen molar-refractivity contribution in [3.05, 3.63) is 72.3 Å². The van der Waals surface area contributed by atoms with E-state index in [0.29, 0.717) is 18.4 Å². The number of halogens is 2. The highest BCUT2D eigenvalue weighted by Gasteiger charge is 2.44. The third-order valence-corrected chi connectivity index (χ3v) is 8.35. The molecule has 3 aliphatic heterocycles. The minimum Gasteiger partial charge on any atom is -0.492 e. The maximum Gasteiger partial charge on any atom is 0.137 e. The van der Waals surface area contributed by atoms with Crippen LogP contribution in [0, 0.1) is 23.5 Å². The molecule has 3 fully saturated rings. The first-order valence-corrected chi connectivity index (χ1v) is 14.0. The minimum atomic E-state index is -1.58. The average Bonchev–Trinajstić information content (AvgIpc) is 3.67. The van der Waals surface area contributed by atoms with Crippen LogP contribution in [0.4, 0.5) is 14.5 Å². The van der Waals surface area contributed by atoms with Crippen LogP contribution in [0.1, 0.15) is 5.56 Å². The highest BCUT2D eigenvalue weighted by Crippen LogP contribution is 2.37. The second kappa shape index (κ2) is 11.8. The van der Waals surface area contributed by atoms with Crippen molar-refractivity contribution in [1.82, 2.24) is 24.6 Å². The predicted molar refractivity (Wildman–Crippen MR) is 145 cm³/mol. The van der Waals surface area contributed by atoms with Crippen LogP contribution in [0.3, 0.4) is 0 Å². The van der Waals surface area contributed by atoms with Gasteiger partial charge in [0.2, 0.25) is 0 Å². The second-order valence-corrected chi connectivity index (χ2v) is 11.2. The van der Waals surface area contributed by atoms with Gasteiger partial charge in [-0.1, -0.05) is 6.07 Å². The van der Waals surface area contributed by atoms with Crippen LogP contribution in [0.5, 0.6) is 5.75 Å². The van der Waals surface area contributed by atoms with Gasteiger partial charge in [-0.05, 0) is 42.2 Å². The molecule has 0 amide bonds. The fraction of sp³-hybridized carbons (Fsp3) is 0.517. The maximum absolute atomic E-state index is 14.8. The fourth-order valence-corrected chi connectivity index (χ4v) is 6.34. The molecule has 1 N–H and O–H groups in total. The smallest absolute Gasteiger partial charge is 0.137 e. The Morgan fingerprint density at radius 2 is 1.70 bits per heavy atom.